The Morgan fingerprint density at radius 3 is 2.84 bits per heavy atom. The van der Waals surface area contributed by atoms with Crippen LogP contribution in [0, 0.1) is 11.3 Å². The van der Waals surface area contributed by atoms with Crippen molar-refractivity contribution in [2.75, 3.05) is 5.75 Å². The van der Waals surface area contributed by atoms with E-state index in [1.54, 1.807) is 30.1 Å². The van der Waals surface area contributed by atoms with Gasteiger partial charge in [-0.25, -0.2) is 9.98 Å². The van der Waals surface area contributed by atoms with Gasteiger partial charge in [0, 0.05) is 35.5 Å². The zero-order chi connectivity index (χ0) is 18.6. The van der Waals surface area contributed by atoms with Crippen LogP contribution in [0.1, 0.15) is 12.6 Å². The second kappa shape index (κ2) is 7.53. The van der Waals surface area contributed by atoms with Gasteiger partial charge in [0.1, 0.15) is 11.5 Å². The molecule has 0 aliphatic rings. The second-order valence-corrected chi connectivity index (χ2v) is 6.02. The van der Waals surface area contributed by atoms with Gasteiger partial charge in [-0.15, -0.1) is 11.8 Å². The predicted molar refractivity (Wildman–Crippen MR) is 91.7 cm³/mol. The zero-order valence-corrected chi connectivity index (χ0v) is 14.3. The monoisotopic (exact) mass is 365 g/mol. The van der Waals surface area contributed by atoms with Gasteiger partial charge in [0.05, 0.1) is 11.8 Å². The fraction of sp³-hybridized carbons (Fsp3) is 0.250. The summed E-state index contributed by atoms with van der Waals surface area (Å²) in [4.78, 5) is 12.8. The molecule has 0 radical (unpaired) electrons. The Balaban J connectivity index is 2.59. The lowest BCUT2D eigenvalue weighted by molar-refractivity contribution is -0.0903. The highest BCUT2D eigenvalue weighted by molar-refractivity contribution is 7.99. The third kappa shape index (κ3) is 4.09. The van der Waals surface area contributed by atoms with Gasteiger partial charge in [-0.05, 0) is 25.8 Å². The van der Waals surface area contributed by atoms with Crippen molar-refractivity contribution in [1.82, 2.24) is 14.5 Å². The quantitative estimate of drug-likeness (QED) is 0.582. The summed E-state index contributed by atoms with van der Waals surface area (Å²) in [6, 6.07) is 3.72. The molecule has 130 valence electrons. The Kier molecular flexibility index (Phi) is 5.64. The normalized spacial score (nSPS) is 12.1. The molecule has 0 aromatic carbocycles. The van der Waals surface area contributed by atoms with Gasteiger partial charge in [-0.2, -0.15) is 18.4 Å². The number of aromatic nitrogens is 3. The number of rotatable bonds is 5. The molecule has 0 saturated heterocycles. The molecule has 2 aromatic rings. The highest BCUT2D eigenvalue weighted by Crippen LogP contribution is 2.35. The molecule has 0 N–H and O–H groups in total. The Bertz CT molecular complexity index is 862. The second-order valence-electron chi connectivity index (χ2n) is 5.01. The fourth-order valence-corrected chi connectivity index (χ4v) is 2.78. The van der Waals surface area contributed by atoms with Crippen LogP contribution in [0.5, 0.6) is 0 Å². The molecule has 0 atom stereocenters. The highest BCUT2D eigenvalue weighted by atomic mass is 32.2. The van der Waals surface area contributed by atoms with Gasteiger partial charge < -0.3 is 4.57 Å². The Hall–Kier alpha value is -2.60. The third-order valence-electron chi connectivity index (χ3n) is 3.36. The number of hydrogen-bond donors (Lipinski definition) is 0. The minimum atomic E-state index is -4.44. The van der Waals surface area contributed by atoms with Crippen molar-refractivity contribution in [2.24, 2.45) is 12.0 Å². The van der Waals surface area contributed by atoms with Crippen molar-refractivity contribution in [3.05, 3.63) is 29.7 Å². The summed E-state index contributed by atoms with van der Waals surface area (Å²) in [6.07, 6.45) is -0.362. The molecule has 2 aromatic heterocycles. The molecule has 0 amide bonds. The van der Waals surface area contributed by atoms with E-state index in [0.29, 0.717) is 16.3 Å². The smallest absolute Gasteiger partial charge is 0.312 e. The molecule has 5 nitrogen and oxygen atoms in total. The van der Waals surface area contributed by atoms with Crippen molar-refractivity contribution in [1.29, 1.82) is 5.26 Å². The van der Waals surface area contributed by atoms with E-state index >= 15 is 0 Å². The molecule has 2 heterocycles. The van der Waals surface area contributed by atoms with E-state index in [4.69, 9.17) is 5.26 Å². The topological polar surface area (TPSA) is 66.9 Å². The number of nitriles is 1. The average Bonchev–Trinajstić information content (AvgIpc) is 2.87. The first-order valence-corrected chi connectivity index (χ1v) is 8.01. The molecule has 0 unspecified atom stereocenters. The maximum absolute atomic E-state index is 12.8. The lowest BCUT2D eigenvalue weighted by Gasteiger charge is -2.07. The van der Waals surface area contributed by atoms with Crippen LogP contribution in [-0.2, 0) is 7.05 Å². The molecular formula is C16H14F3N5S. The Morgan fingerprint density at radius 2 is 2.24 bits per heavy atom. The van der Waals surface area contributed by atoms with Gasteiger partial charge in [0.2, 0.25) is 0 Å². The fourth-order valence-electron chi connectivity index (χ4n) is 2.11. The summed E-state index contributed by atoms with van der Waals surface area (Å²) in [5, 5.41) is 8.76. The van der Waals surface area contributed by atoms with E-state index in [1.165, 1.54) is 11.8 Å². The largest absolute Gasteiger partial charge is 0.412 e. The lowest BCUT2D eigenvalue weighted by Crippen LogP contribution is -2.08. The number of thioether (sulfide) groups is 1. The molecule has 0 bridgehead atoms. The summed E-state index contributed by atoms with van der Waals surface area (Å²) >= 11 is 1.27. The minimum absolute atomic E-state index is 0.0790. The van der Waals surface area contributed by atoms with Crippen molar-refractivity contribution in [2.45, 2.75) is 18.0 Å². The number of pyridine rings is 1. The van der Waals surface area contributed by atoms with Crippen LogP contribution in [-0.4, -0.2) is 33.2 Å². The first-order valence-electron chi connectivity index (χ1n) is 7.02. The number of alkyl halides is 3. The summed E-state index contributed by atoms with van der Waals surface area (Å²) < 4.78 is 40.0. The number of halogens is 3. The van der Waals surface area contributed by atoms with E-state index < -0.39 is 11.7 Å². The molecular weight excluding hydrogens is 351 g/mol. The standard InChI is InChI=1S/C16H14F3N5S/c1-10(16(17,18)19)8-12-15(21-2)24(3)14(23-12)11-4-6-22-9-13(11)25-7-5-20/h4,6,8-9H,2,7H2,1,3H3/b10-8+. The van der Waals surface area contributed by atoms with Crippen molar-refractivity contribution in [3.8, 4) is 17.5 Å². The number of allylic oxidation sites excluding steroid dienone is 1. The summed E-state index contributed by atoms with van der Waals surface area (Å²) in [5.41, 5.74) is -0.0433. The van der Waals surface area contributed by atoms with Crippen LogP contribution in [0.2, 0.25) is 0 Å². The van der Waals surface area contributed by atoms with Gasteiger partial charge >= 0.3 is 6.18 Å². The first kappa shape index (κ1) is 18.7. The van der Waals surface area contributed by atoms with E-state index in [9.17, 15) is 13.2 Å². The molecule has 0 fully saturated rings. The highest BCUT2D eigenvalue weighted by Gasteiger charge is 2.30. The van der Waals surface area contributed by atoms with Gasteiger partial charge in [-0.3, -0.25) is 4.98 Å². The zero-order valence-electron chi connectivity index (χ0n) is 13.5. The summed E-state index contributed by atoms with van der Waals surface area (Å²) in [7, 11) is 1.64. The average molecular weight is 365 g/mol. The van der Waals surface area contributed by atoms with Crippen molar-refractivity contribution < 1.29 is 13.2 Å². The lowest BCUT2D eigenvalue weighted by atomic mass is 10.2. The molecule has 0 saturated carbocycles. The van der Waals surface area contributed by atoms with Gasteiger partial charge in [0.15, 0.2) is 5.82 Å². The molecule has 0 aliphatic heterocycles. The van der Waals surface area contributed by atoms with E-state index in [-0.39, 0.29) is 17.3 Å². The molecule has 2 rings (SSSR count). The predicted octanol–water partition coefficient (Wildman–Crippen LogP) is 4.40. The maximum Gasteiger partial charge on any atom is 0.412 e. The van der Waals surface area contributed by atoms with E-state index in [1.807, 2.05) is 6.07 Å². The van der Waals surface area contributed by atoms with Crippen LogP contribution >= 0.6 is 11.8 Å². The van der Waals surface area contributed by atoms with Crippen molar-refractivity contribution in [3.63, 3.8) is 0 Å². The molecule has 25 heavy (non-hydrogen) atoms. The van der Waals surface area contributed by atoms with Crippen LogP contribution in [0.3, 0.4) is 0 Å². The Morgan fingerprint density at radius 1 is 1.52 bits per heavy atom. The van der Waals surface area contributed by atoms with Crippen LogP contribution in [0.4, 0.5) is 19.0 Å². The van der Waals surface area contributed by atoms with E-state index in [2.05, 4.69) is 21.7 Å². The maximum atomic E-state index is 12.8. The minimum Gasteiger partial charge on any atom is -0.312 e. The SMILES string of the molecule is C=Nc1c(/C=C(\C)C(F)(F)F)nc(-c2ccncc2SCC#N)n1C. The third-order valence-corrected chi connectivity index (χ3v) is 4.27. The number of aliphatic imine (C=N–C) groups is 1. The number of nitrogens with zero attached hydrogens (tertiary/aromatic N) is 5. The Labute approximate surface area is 146 Å². The van der Waals surface area contributed by atoms with Gasteiger partial charge in [0.25, 0.3) is 0 Å². The first-order chi connectivity index (χ1) is 11.8. The van der Waals surface area contributed by atoms with E-state index in [0.717, 1.165) is 13.0 Å². The summed E-state index contributed by atoms with van der Waals surface area (Å²) in [6.45, 7) is 4.39. The van der Waals surface area contributed by atoms with Crippen molar-refractivity contribution >= 4 is 30.4 Å². The van der Waals surface area contributed by atoms with Gasteiger partial charge in [-0.1, -0.05) is 0 Å². The number of imidazole rings is 1. The van der Waals surface area contributed by atoms with Crippen LogP contribution in [0.25, 0.3) is 17.5 Å². The van der Waals surface area contributed by atoms with Crippen LogP contribution in [0.15, 0.2) is 33.9 Å². The molecule has 9 heteroatoms. The molecule has 0 spiro atoms. The summed E-state index contributed by atoms with van der Waals surface area (Å²) in [5.74, 6) is 0.869. The van der Waals surface area contributed by atoms with Crippen LogP contribution < -0.4 is 0 Å². The molecule has 0 aliphatic carbocycles. The number of hydrogen-bond acceptors (Lipinski definition) is 5.